The third-order valence-corrected chi connectivity index (χ3v) is 2.92. The number of H-pyrrole nitrogens is 1. The second-order valence-corrected chi connectivity index (χ2v) is 4.22. The molecule has 20 heavy (non-hydrogen) atoms. The summed E-state index contributed by atoms with van der Waals surface area (Å²) in [5, 5.41) is 18.0. The van der Waals surface area contributed by atoms with E-state index in [1.165, 1.54) is 0 Å². The van der Waals surface area contributed by atoms with Crippen LogP contribution in [0, 0.1) is 0 Å². The van der Waals surface area contributed by atoms with Crippen LogP contribution in [0.1, 0.15) is 23.8 Å². The van der Waals surface area contributed by atoms with Crippen LogP contribution in [-0.4, -0.2) is 33.2 Å². The number of amides is 1. The molecule has 1 atom stereocenters. The Morgan fingerprint density at radius 1 is 1.35 bits per heavy atom. The van der Waals surface area contributed by atoms with E-state index in [2.05, 4.69) is 15.5 Å². The monoisotopic (exact) mass is 275 g/mol. The summed E-state index contributed by atoms with van der Waals surface area (Å²) >= 11 is 0. The summed E-state index contributed by atoms with van der Waals surface area (Å²) in [5.41, 5.74) is -0.401. The number of carbonyl (C=O) groups excluding carboxylic acids is 1. The molecule has 0 bridgehead atoms. The fourth-order valence-electron chi connectivity index (χ4n) is 1.85. The third-order valence-electron chi connectivity index (χ3n) is 2.92. The highest BCUT2D eigenvalue weighted by Crippen LogP contribution is 2.12. The number of fused-ring (bicyclic) bond motifs is 1. The van der Waals surface area contributed by atoms with Gasteiger partial charge >= 0.3 is 5.97 Å². The van der Waals surface area contributed by atoms with Gasteiger partial charge in [0.15, 0.2) is 5.69 Å². The van der Waals surface area contributed by atoms with Crippen molar-refractivity contribution in [1.82, 2.24) is 15.5 Å². The van der Waals surface area contributed by atoms with Crippen molar-refractivity contribution >= 4 is 22.6 Å². The molecular formula is C13H13N3O4. The van der Waals surface area contributed by atoms with Gasteiger partial charge in [0.1, 0.15) is 6.04 Å². The van der Waals surface area contributed by atoms with Crippen LogP contribution < -0.4 is 10.9 Å². The van der Waals surface area contributed by atoms with E-state index in [1.807, 2.05) is 0 Å². The van der Waals surface area contributed by atoms with E-state index in [9.17, 15) is 14.4 Å². The Labute approximate surface area is 113 Å². The number of carbonyl (C=O) groups is 2. The summed E-state index contributed by atoms with van der Waals surface area (Å²) in [7, 11) is 0. The molecule has 2 aromatic rings. The normalized spacial score (nSPS) is 12.1. The average Bonchev–Trinajstić information content (AvgIpc) is 2.45. The van der Waals surface area contributed by atoms with E-state index in [0.29, 0.717) is 10.8 Å². The van der Waals surface area contributed by atoms with E-state index in [1.54, 1.807) is 31.2 Å². The van der Waals surface area contributed by atoms with Crippen molar-refractivity contribution in [3.63, 3.8) is 0 Å². The van der Waals surface area contributed by atoms with E-state index in [-0.39, 0.29) is 12.1 Å². The summed E-state index contributed by atoms with van der Waals surface area (Å²) < 4.78 is 0. The number of carboxylic acids is 1. The van der Waals surface area contributed by atoms with Crippen molar-refractivity contribution in [2.24, 2.45) is 0 Å². The molecular weight excluding hydrogens is 262 g/mol. The Bertz CT molecular complexity index is 723. The molecule has 0 fully saturated rings. The number of hydrogen-bond donors (Lipinski definition) is 3. The zero-order valence-corrected chi connectivity index (χ0v) is 10.7. The third kappa shape index (κ3) is 2.51. The quantitative estimate of drug-likeness (QED) is 0.752. The van der Waals surface area contributed by atoms with Gasteiger partial charge in [-0.05, 0) is 12.5 Å². The Balaban J connectivity index is 2.43. The Kier molecular flexibility index (Phi) is 3.79. The van der Waals surface area contributed by atoms with Crippen molar-refractivity contribution in [2.75, 3.05) is 0 Å². The SMILES string of the molecule is CC[C@@H](NC(=O)c1n[nH]c(=O)c2ccccc12)C(=O)O. The predicted molar refractivity (Wildman–Crippen MR) is 71.5 cm³/mol. The second kappa shape index (κ2) is 5.52. The first-order valence-electron chi connectivity index (χ1n) is 6.05. The molecule has 0 aliphatic rings. The second-order valence-electron chi connectivity index (χ2n) is 4.22. The van der Waals surface area contributed by atoms with Gasteiger partial charge in [-0.25, -0.2) is 9.89 Å². The number of aromatic amines is 1. The topological polar surface area (TPSA) is 112 Å². The highest BCUT2D eigenvalue weighted by Gasteiger charge is 2.21. The lowest BCUT2D eigenvalue weighted by molar-refractivity contribution is -0.139. The number of nitrogens with zero attached hydrogens (tertiary/aromatic N) is 1. The van der Waals surface area contributed by atoms with Crippen molar-refractivity contribution in [3.8, 4) is 0 Å². The molecule has 7 nitrogen and oxygen atoms in total. The number of carboxylic acid groups (broad SMARTS) is 1. The first-order chi connectivity index (χ1) is 9.54. The van der Waals surface area contributed by atoms with Crippen LogP contribution in [0.25, 0.3) is 10.8 Å². The van der Waals surface area contributed by atoms with Crippen molar-refractivity contribution in [2.45, 2.75) is 19.4 Å². The van der Waals surface area contributed by atoms with Crippen LogP contribution in [0.5, 0.6) is 0 Å². The van der Waals surface area contributed by atoms with Gasteiger partial charge in [-0.2, -0.15) is 5.10 Å². The minimum absolute atomic E-state index is 0.0000926. The Morgan fingerprint density at radius 3 is 2.60 bits per heavy atom. The molecule has 0 saturated heterocycles. The molecule has 0 spiro atoms. The maximum Gasteiger partial charge on any atom is 0.326 e. The van der Waals surface area contributed by atoms with Crippen LogP contribution >= 0.6 is 0 Å². The smallest absolute Gasteiger partial charge is 0.326 e. The van der Waals surface area contributed by atoms with E-state index < -0.39 is 23.5 Å². The van der Waals surface area contributed by atoms with Gasteiger partial charge in [0.05, 0.1) is 5.39 Å². The summed E-state index contributed by atoms with van der Waals surface area (Å²) in [5.74, 6) is -1.75. The molecule has 0 unspecified atom stereocenters. The van der Waals surface area contributed by atoms with E-state index >= 15 is 0 Å². The molecule has 1 heterocycles. The van der Waals surface area contributed by atoms with Crippen LogP contribution in [0.2, 0.25) is 0 Å². The van der Waals surface area contributed by atoms with Crippen molar-refractivity contribution < 1.29 is 14.7 Å². The molecule has 0 radical (unpaired) electrons. The Morgan fingerprint density at radius 2 is 2.00 bits per heavy atom. The zero-order chi connectivity index (χ0) is 14.7. The molecule has 0 aliphatic heterocycles. The minimum atomic E-state index is -1.12. The predicted octanol–water partition coefficient (Wildman–Crippen LogP) is 0.516. The number of benzene rings is 1. The largest absolute Gasteiger partial charge is 0.480 e. The number of nitrogens with one attached hydrogen (secondary N) is 2. The number of aliphatic carboxylic acids is 1. The summed E-state index contributed by atoms with van der Waals surface area (Å²) in [4.78, 5) is 34.6. The molecule has 3 N–H and O–H groups in total. The lowest BCUT2D eigenvalue weighted by atomic mass is 10.1. The number of hydrogen-bond acceptors (Lipinski definition) is 4. The molecule has 0 aliphatic carbocycles. The first-order valence-corrected chi connectivity index (χ1v) is 6.05. The fraction of sp³-hybridized carbons (Fsp3) is 0.231. The van der Waals surface area contributed by atoms with Gasteiger partial charge < -0.3 is 10.4 Å². The molecule has 7 heteroatoms. The highest BCUT2D eigenvalue weighted by atomic mass is 16.4. The average molecular weight is 275 g/mol. The lowest BCUT2D eigenvalue weighted by Crippen LogP contribution is -2.41. The standard InChI is InChI=1S/C13H13N3O4/c1-2-9(13(19)20)14-12(18)10-7-5-3-4-6-8(7)11(17)16-15-10/h3-6,9H,2H2,1H3,(H,14,18)(H,16,17)(H,19,20)/t9-/m1/s1. The molecule has 104 valence electrons. The molecule has 1 aromatic carbocycles. The van der Waals surface area contributed by atoms with Gasteiger partial charge in [-0.15, -0.1) is 0 Å². The number of aromatic nitrogens is 2. The maximum absolute atomic E-state index is 12.1. The maximum atomic E-state index is 12.1. The molecule has 0 saturated carbocycles. The van der Waals surface area contributed by atoms with Crippen molar-refractivity contribution in [1.29, 1.82) is 0 Å². The summed E-state index contributed by atoms with van der Waals surface area (Å²) in [6.07, 6.45) is 0.252. The van der Waals surface area contributed by atoms with E-state index in [0.717, 1.165) is 0 Å². The van der Waals surface area contributed by atoms with Gasteiger partial charge in [0.2, 0.25) is 0 Å². The van der Waals surface area contributed by atoms with Crippen LogP contribution in [0.15, 0.2) is 29.1 Å². The zero-order valence-electron chi connectivity index (χ0n) is 10.7. The van der Waals surface area contributed by atoms with Gasteiger partial charge in [0.25, 0.3) is 11.5 Å². The summed E-state index contributed by atoms with van der Waals surface area (Å²) in [6, 6.07) is 5.52. The summed E-state index contributed by atoms with van der Waals surface area (Å²) in [6.45, 7) is 1.65. The highest BCUT2D eigenvalue weighted by molar-refractivity contribution is 6.05. The van der Waals surface area contributed by atoms with Crippen LogP contribution in [0.3, 0.4) is 0 Å². The van der Waals surface area contributed by atoms with Gasteiger partial charge in [-0.1, -0.05) is 25.1 Å². The fourth-order valence-corrected chi connectivity index (χ4v) is 1.85. The molecule has 1 aromatic heterocycles. The van der Waals surface area contributed by atoms with Gasteiger partial charge in [-0.3, -0.25) is 9.59 Å². The minimum Gasteiger partial charge on any atom is -0.480 e. The van der Waals surface area contributed by atoms with Crippen LogP contribution in [0.4, 0.5) is 0 Å². The van der Waals surface area contributed by atoms with Gasteiger partial charge in [0, 0.05) is 5.39 Å². The first kappa shape index (κ1) is 13.7. The lowest BCUT2D eigenvalue weighted by Gasteiger charge is -2.12. The van der Waals surface area contributed by atoms with Crippen molar-refractivity contribution in [3.05, 3.63) is 40.3 Å². The molecule has 2 rings (SSSR count). The molecule has 1 amide bonds. The van der Waals surface area contributed by atoms with E-state index in [4.69, 9.17) is 5.11 Å². The Hall–Kier alpha value is -2.70. The van der Waals surface area contributed by atoms with Crippen LogP contribution in [-0.2, 0) is 4.79 Å². The number of rotatable bonds is 4.